The van der Waals surface area contributed by atoms with Crippen LogP contribution in [0.15, 0.2) is 47.6 Å². The van der Waals surface area contributed by atoms with E-state index >= 15 is 0 Å². The minimum atomic E-state index is -1.43. The van der Waals surface area contributed by atoms with Gasteiger partial charge in [0.15, 0.2) is 5.78 Å². The topological polar surface area (TPSA) is 192 Å². The van der Waals surface area contributed by atoms with Crippen LogP contribution in [0.2, 0.25) is 0 Å². The van der Waals surface area contributed by atoms with E-state index in [1.54, 1.807) is 34.1 Å². The van der Waals surface area contributed by atoms with Crippen LogP contribution in [-0.2, 0) is 42.9 Å². The number of nitrogens with two attached hydrogens (primary N) is 1. The molecule has 0 radical (unpaired) electrons. The lowest BCUT2D eigenvalue weighted by molar-refractivity contribution is -0.167. The van der Waals surface area contributed by atoms with E-state index in [4.69, 9.17) is 24.7 Å². The Morgan fingerprint density at radius 2 is 1.58 bits per heavy atom. The molecule has 4 N–H and O–H groups in total. The Morgan fingerprint density at radius 1 is 0.862 bits per heavy atom. The molecule has 13 nitrogen and oxygen atoms in total. The van der Waals surface area contributed by atoms with Crippen LogP contribution in [0.25, 0.3) is 0 Å². The number of carbonyl (C=O) groups excluding carboxylic acids is 5. The molecule has 15 atom stereocenters. The molecule has 2 saturated carbocycles. The second-order valence-electron chi connectivity index (χ2n) is 20.3. The number of ketones is 3. The average Bonchev–Trinajstić information content (AvgIpc) is 3.28. The number of rotatable bonds is 6. The maximum atomic E-state index is 14.4. The first-order chi connectivity index (χ1) is 30.7. The normalized spacial score (nSPS) is 40.4. The number of aliphatic hydroxyl groups is 2. The third kappa shape index (κ3) is 14.3. The smallest absolute Gasteiger partial charge is 0.329 e. The van der Waals surface area contributed by atoms with Crippen molar-refractivity contribution in [2.24, 2.45) is 47.2 Å². The summed E-state index contributed by atoms with van der Waals surface area (Å²) in [6.07, 6.45) is 14.0. The van der Waals surface area contributed by atoms with Gasteiger partial charge < -0.3 is 39.8 Å². The van der Waals surface area contributed by atoms with E-state index in [0.717, 1.165) is 18.4 Å². The fourth-order valence-electron chi connectivity index (χ4n) is 10.8. The van der Waals surface area contributed by atoms with E-state index in [1.807, 2.05) is 65.0 Å². The fourth-order valence-corrected chi connectivity index (χ4v) is 10.8. The lowest BCUT2D eigenvalue weighted by Crippen LogP contribution is -2.63. The van der Waals surface area contributed by atoms with Gasteiger partial charge in [0.05, 0.1) is 23.9 Å². The van der Waals surface area contributed by atoms with Crippen LogP contribution < -0.4 is 5.73 Å². The number of aliphatic hydroxyl groups excluding tert-OH is 2. The van der Waals surface area contributed by atoms with Gasteiger partial charge in [0, 0.05) is 46.1 Å². The van der Waals surface area contributed by atoms with Gasteiger partial charge in [0.25, 0.3) is 5.91 Å². The highest BCUT2D eigenvalue weighted by Gasteiger charge is 2.50. The standard InChI is InChI=1S/C52H82N2O11/c1-31-16-12-11-13-17-32(2)43(62-8)28-39-20-19-37(7)52(53,30-39)49(59)50(60)54-23-15-14-18-40(54)51(61)65-44(34(4)26-38-21-22-41(55)45(27-38)63-9)29-42(56)33(3)25-36(6)47(58)48(64-10)46(57)35(5)24-31/h11-13,16-17,25,31,33-35,37-41,43-45,47-48,55,58H,14-15,18-24,26-30,53H2,1-10H3/b13-11+,16-12+,32-17+,36-25+/t31-,33-,34-,35-,37-,38+,39+,40+,41?,43?,44?,45?,47?,48?,52?/m1/s1. The first kappa shape index (κ1) is 54.3. The number of fused-ring (bicyclic) bond motifs is 3. The van der Waals surface area contributed by atoms with Crippen molar-refractivity contribution in [1.82, 2.24) is 4.90 Å². The monoisotopic (exact) mass is 911 g/mol. The average molecular weight is 911 g/mol. The van der Waals surface area contributed by atoms with Gasteiger partial charge in [-0.3, -0.25) is 19.2 Å². The first-order valence-electron chi connectivity index (χ1n) is 24.3. The highest BCUT2D eigenvalue weighted by Crippen LogP contribution is 2.40. The van der Waals surface area contributed by atoms with Crippen LogP contribution in [-0.4, -0.2) is 120 Å². The molecule has 0 spiro atoms. The summed E-state index contributed by atoms with van der Waals surface area (Å²) in [5.74, 6) is -4.10. The number of Topliss-reactive ketones (excluding diaryl/α,β-unsaturated/α-hetero) is 3. The molecule has 2 heterocycles. The molecular formula is C52H82N2O11. The zero-order chi connectivity index (χ0) is 48.2. The van der Waals surface area contributed by atoms with Crippen LogP contribution >= 0.6 is 0 Å². The number of nitrogens with zero attached hydrogens (tertiary/aromatic N) is 1. The molecular weight excluding hydrogens is 829 g/mol. The van der Waals surface area contributed by atoms with Crippen LogP contribution in [0.4, 0.5) is 0 Å². The van der Waals surface area contributed by atoms with E-state index in [2.05, 4.69) is 0 Å². The molecule has 366 valence electrons. The Balaban J connectivity index is 1.70. The van der Waals surface area contributed by atoms with Gasteiger partial charge >= 0.3 is 5.97 Å². The Morgan fingerprint density at radius 3 is 2.26 bits per heavy atom. The Hall–Kier alpha value is -3.33. The maximum Gasteiger partial charge on any atom is 0.329 e. The summed E-state index contributed by atoms with van der Waals surface area (Å²) in [6.45, 7) is 13.3. The molecule has 2 bridgehead atoms. The number of amides is 1. The van der Waals surface area contributed by atoms with E-state index in [9.17, 15) is 34.2 Å². The van der Waals surface area contributed by atoms with Crippen LogP contribution in [0.1, 0.15) is 132 Å². The number of ether oxygens (including phenoxy) is 4. The molecule has 0 aromatic heterocycles. The predicted molar refractivity (Wildman–Crippen MR) is 250 cm³/mol. The lowest BCUT2D eigenvalue weighted by Gasteiger charge is -2.44. The molecule has 3 fully saturated rings. The number of esters is 1. The van der Waals surface area contributed by atoms with Crippen molar-refractivity contribution < 1.29 is 53.1 Å². The highest BCUT2D eigenvalue weighted by molar-refractivity contribution is 6.40. The van der Waals surface area contributed by atoms with Gasteiger partial charge in [-0.25, -0.2) is 4.79 Å². The molecule has 65 heavy (non-hydrogen) atoms. The number of carbonyl (C=O) groups is 5. The molecule has 13 heteroatoms. The van der Waals surface area contributed by atoms with E-state index in [1.165, 1.54) is 12.0 Å². The van der Waals surface area contributed by atoms with E-state index in [-0.39, 0.29) is 66.3 Å². The van der Waals surface area contributed by atoms with Crippen molar-refractivity contribution in [2.75, 3.05) is 27.9 Å². The molecule has 1 amide bonds. The van der Waals surface area contributed by atoms with E-state index < -0.39 is 65.5 Å². The molecule has 4 rings (SSSR count). The summed E-state index contributed by atoms with van der Waals surface area (Å²) < 4.78 is 23.4. The fraction of sp³-hybridized carbons (Fsp3) is 0.750. The van der Waals surface area contributed by atoms with Gasteiger partial charge in [0.1, 0.15) is 30.1 Å². The Labute approximate surface area is 389 Å². The number of piperidine rings is 1. The second kappa shape index (κ2) is 25.2. The van der Waals surface area contributed by atoms with Gasteiger partial charge in [-0.2, -0.15) is 0 Å². The minimum absolute atomic E-state index is 0.0139. The van der Waals surface area contributed by atoms with Gasteiger partial charge in [-0.05, 0) is 132 Å². The van der Waals surface area contributed by atoms with E-state index in [0.29, 0.717) is 69.8 Å². The summed E-state index contributed by atoms with van der Waals surface area (Å²) in [5, 5.41) is 21.9. The number of hydrogen-bond donors (Lipinski definition) is 3. The molecule has 4 aliphatic rings. The SMILES string of the molecule is COC1C[C@@H]2CC[C@@H](C)C(N)(C2)C(=O)C(=O)N2CCCC[C@H]2C(=O)OC([C@H](C)C[C@@H]2CCC(O)C(OC)C2)CC(=O)[C@H](C)/C=C(\C)C(O)C(OC)C(=O)[C@H](C)C[C@H](C)/C=C/C=C/C=C/1C. The van der Waals surface area contributed by atoms with Crippen LogP contribution in [0.3, 0.4) is 0 Å². The van der Waals surface area contributed by atoms with Crippen molar-refractivity contribution in [3.05, 3.63) is 47.6 Å². The van der Waals surface area contributed by atoms with Gasteiger partial charge in [-0.15, -0.1) is 0 Å². The summed E-state index contributed by atoms with van der Waals surface area (Å²) in [4.78, 5) is 72.4. The van der Waals surface area contributed by atoms with Crippen molar-refractivity contribution in [3.63, 3.8) is 0 Å². The maximum absolute atomic E-state index is 14.4. The number of cyclic esters (lactones) is 1. The largest absolute Gasteiger partial charge is 0.460 e. The molecule has 7 unspecified atom stereocenters. The quantitative estimate of drug-likeness (QED) is 0.144. The molecule has 1 saturated heterocycles. The predicted octanol–water partition coefficient (Wildman–Crippen LogP) is 6.81. The second-order valence-corrected chi connectivity index (χ2v) is 20.3. The summed E-state index contributed by atoms with van der Waals surface area (Å²) >= 11 is 0. The third-order valence-electron chi connectivity index (χ3n) is 15.2. The van der Waals surface area contributed by atoms with Gasteiger partial charge in [0.2, 0.25) is 5.78 Å². The number of hydrogen-bond acceptors (Lipinski definition) is 12. The zero-order valence-corrected chi connectivity index (χ0v) is 41.0. The van der Waals surface area contributed by atoms with Crippen LogP contribution in [0, 0.1) is 41.4 Å². The molecule has 0 aromatic carbocycles. The van der Waals surface area contributed by atoms with Crippen molar-refractivity contribution in [2.45, 2.75) is 180 Å². The van der Waals surface area contributed by atoms with Crippen LogP contribution in [0.5, 0.6) is 0 Å². The number of allylic oxidation sites excluding steroid dienone is 6. The molecule has 2 aliphatic heterocycles. The zero-order valence-electron chi connectivity index (χ0n) is 41.0. The van der Waals surface area contributed by atoms with Gasteiger partial charge in [-0.1, -0.05) is 71.1 Å². The Kier molecular flexibility index (Phi) is 21.0. The Bertz CT molecular complexity index is 1760. The molecule has 0 aromatic rings. The summed E-state index contributed by atoms with van der Waals surface area (Å²) in [5.41, 5.74) is 7.01. The highest BCUT2D eigenvalue weighted by atomic mass is 16.5. The number of methoxy groups -OCH3 is 3. The van der Waals surface area contributed by atoms with Crippen molar-refractivity contribution in [1.29, 1.82) is 0 Å². The first-order valence-corrected chi connectivity index (χ1v) is 24.3. The lowest BCUT2D eigenvalue weighted by atomic mass is 9.66. The molecule has 2 aliphatic carbocycles. The summed E-state index contributed by atoms with van der Waals surface area (Å²) in [7, 11) is 4.64. The minimum Gasteiger partial charge on any atom is -0.460 e. The summed E-state index contributed by atoms with van der Waals surface area (Å²) in [6, 6.07) is -1.03. The van der Waals surface area contributed by atoms with Crippen molar-refractivity contribution in [3.8, 4) is 0 Å². The van der Waals surface area contributed by atoms with Crippen molar-refractivity contribution >= 4 is 29.2 Å². The third-order valence-corrected chi connectivity index (χ3v) is 15.2.